The number of hydrogen-bond acceptors (Lipinski definition) is 2. The van der Waals surface area contributed by atoms with E-state index in [9.17, 15) is 9.18 Å². The molecule has 0 amide bonds. The van der Waals surface area contributed by atoms with Gasteiger partial charge < -0.3 is 4.74 Å². The van der Waals surface area contributed by atoms with Crippen LogP contribution >= 0.6 is 0 Å². The molecule has 13 heavy (non-hydrogen) atoms. The lowest BCUT2D eigenvalue weighted by Crippen LogP contribution is -2.19. The highest BCUT2D eigenvalue weighted by molar-refractivity contribution is 5.91. The molecule has 3 heteroatoms. The Morgan fingerprint density at radius 1 is 1.46 bits per heavy atom. The van der Waals surface area contributed by atoms with Gasteiger partial charge in [0.05, 0.1) is 7.11 Å². The van der Waals surface area contributed by atoms with Gasteiger partial charge in [-0.25, -0.2) is 4.39 Å². The van der Waals surface area contributed by atoms with Crippen molar-refractivity contribution in [3.8, 4) is 0 Å². The number of ketones is 1. The van der Waals surface area contributed by atoms with E-state index in [-0.39, 0.29) is 17.5 Å². The first-order valence-corrected chi connectivity index (χ1v) is 4.28. The maximum atomic E-state index is 13.3. The molecule has 0 saturated carbocycles. The van der Waals surface area contributed by atoms with Crippen molar-refractivity contribution in [1.29, 1.82) is 0 Å². The number of carbonyl (C=O) groups excluding carboxylic acids is 1. The molecule has 0 aromatic heterocycles. The van der Waals surface area contributed by atoms with Crippen molar-refractivity contribution in [3.63, 3.8) is 0 Å². The summed E-state index contributed by atoms with van der Waals surface area (Å²) in [5, 5.41) is 0. The summed E-state index contributed by atoms with van der Waals surface area (Å²) in [5.74, 6) is -0.179. The molecule has 0 aliphatic rings. The molecule has 0 N–H and O–H groups in total. The molecular weight excluding hydrogens is 171 g/mol. The molecule has 0 heterocycles. The van der Waals surface area contributed by atoms with Gasteiger partial charge >= 0.3 is 0 Å². The van der Waals surface area contributed by atoms with Crippen molar-refractivity contribution < 1.29 is 13.9 Å². The Balaban J connectivity index is 4.68. The Bertz CT molecular complexity index is 211. The molecule has 0 spiro atoms. The van der Waals surface area contributed by atoms with E-state index in [1.54, 1.807) is 13.8 Å². The van der Waals surface area contributed by atoms with E-state index in [2.05, 4.69) is 0 Å². The van der Waals surface area contributed by atoms with E-state index in [0.717, 1.165) is 0 Å². The minimum absolute atomic E-state index is 0.0752. The van der Waals surface area contributed by atoms with Gasteiger partial charge in [-0.1, -0.05) is 13.8 Å². The summed E-state index contributed by atoms with van der Waals surface area (Å²) in [6, 6.07) is 0. The standard InChI is InChI=1S/C10H17FO2/c1-7(2)8(12)6-9(13-5)10(3,4)11/h6-7H,1-5H3/b9-6-. The molecule has 0 saturated heterocycles. The molecule has 0 rings (SSSR count). The molecule has 0 aromatic carbocycles. The Kier molecular flexibility index (Phi) is 4.11. The van der Waals surface area contributed by atoms with Crippen LogP contribution in [-0.4, -0.2) is 18.6 Å². The Morgan fingerprint density at radius 3 is 2.15 bits per heavy atom. The third kappa shape index (κ3) is 4.06. The first-order valence-electron chi connectivity index (χ1n) is 4.28. The zero-order valence-electron chi connectivity index (χ0n) is 8.85. The Morgan fingerprint density at radius 2 is 1.92 bits per heavy atom. The van der Waals surface area contributed by atoms with Gasteiger partial charge in [-0.15, -0.1) is 0 Å². The number of methoxy groups -OCH3 is 1. The Hall–Kier alpha value is -0.860. The minimum atomic E-state index is -1.60. The van der Waals surface area contributed by atoms with E-state index in [4.69, 9.17) is 4.74 Å². The van der Waals surface area contributed by atoms with Crippen molar-refractivity contribution in [1.82, 2.24) is 0 Å². The second-order valence-electron chi connectivity index (χ2n) is 3.74. The van der Waals surface area contributed by atoms with Gasteiger partial charge in [0.1, 0.15) is 5.76 Å². The smallest absolute Gasteiger partial charge is 0.162 e. The summed E-state index contributed by atoms with van der Waals surface area (Å²) in [5.41, 5.74) is -1.60. The van der Waals surface area contributed by atoms with Crippen LogP contribution < -0.4 is 0 Å². The van der Waals surface area contributed by atoms with Crippen molar-refractivity contribution in [2.45, 2.75) is 33.4 Å². The average Bonchev–Trinajstić information content (AvgIpc) is 1.96. The summed E-state index contributed by atoms with van der Waals surface area (Å²) in [6.07, 6.45) is 1.23. The molecule has 2 nitrogen and oxygen atoms in total. The lowest BCUT2D eigenvalue weighted by Gasteiger charge is -2.17. The van der Waals surface area contributed by atoms with E-state index in [1.165, 1.54) is 27.0 Å². The molecule has 0 aliphatic carbocycles. The van der Waals surface area contributed by atoms with Crippen LogP contribution in [0.25, 0.3) is 0 Å². The fraction of sp³-hybridized carbons (Fsp3) is 0.700. The van der Waals surface area contributed by atoms with Crippen LogP contribution in [0.15, 0.2) is 11.8 Å². The minimum Gasteiger partial charge on any atom is -0.498 e. The van der Waals surface area contributed by atoms with Gasteiger partial charge in [0, 0.05) is 12.0 Å². The van der Waals surface area contributed by atoms with Crippen LogP contribution in [0.4, 0.5) is 4.39 Å². The van der Waals surface area contributed by atoms with Crippen LogP contribution in [0.3, 0.4) is 0 Å². The highest BCUT2D eigenvalue weighted by Crippen LogP contribution is 2.21. The number of ether oxygens (including phenoxy) is 1. The second kappa shape index (κ2) is 4.40. The number of rotatable bonds is 4. The summed E-state index contributed by atoms with van der Waals surface area (Å²) < 4.78 is 18.1. The van der Waals surface area contributed by atoms with Crippen LogP contribution in [0.1, 0.15) is 27.7 Å². The topological polar surface area (TPSA) is 26.3 Å². The van der Waals surface area contributed by atoms with Gasteiger partial charge in [-0.05, 0) is 13.8 Å². The van der Waals surface area contributed by atoms with Gasteiger partial charge in [0.15, 0.2) is 11.5 Å². The average molecular weight is 188 g/mol. The van der Waals surface area contributed by atoms with Crippen molar-refractivity contribution in [2.24, 2.45) is 5.92 Å². The van der Waals surface area contributed by atoms with E-state index < -0.39 is 5.67 Å². The normalized spacial score (nSPS) is 13.3. The summed E-state index contributed by atoms with van der Waals surface area (Å²) in [7, 11) is 1.36. The zero-order chi connectivity index (χ0) is 10.6. The number of alkyl halides is 1. The molecule has 0 unspecified atom stereocenters. The van der Waals surface area contributed by atoms with Crippen LogP contribution in [0.2, 0.25) is 0 Å². The molecular formula is C10H17FO2. The highest BCUT2D eigenvalue weighted by atomic mass is 19.1. The zero-order valence-corrected chi connectivity index (χ0v) is 8.85. The second-order valence-corrected chi connectivity index (χ2v) is 3.74. The van der Waals surface area contributed by atoms with Crippen molar-refractivity contribution in [2.75, 3.05) is 7.11 Å². The highest BCUT2D eigenvalue weighted by Gasteiger charge is 2.24. The third-order valence-corrected chi connectivity index (χ3v) is 1.65. The quantitative estimate of drug-likeness (QED) is 0.500. The van der Waals surface area contributed by atoms with E-state index >= 15 is 0 Å². The number of carbonyl (C=O) groups is 1. The van der Waals surface area contributed by atoms with E-state index in [0.29, 0.717) is 0 Å². The van der Waals surface area contributed by atoms with E-state index in [1.807, 2.05) is 0 Å². The van der Waals surface area contributed by atoms with Crippen LogP contribution in [-0.2, 0) is 9.53 Å². The monoisotopic (exact) mass is 188 g/mol. The number of hydrogen-bond donors (Lipinski definition) is 0. The molecule has 76 valence electrons. The maximum absolute atomic E-state index is 13.3. The predicted octanol–water partition coefficient (Wildman–Crippen LogP) is 2.49. The third-order valence-electron chi connectivity index (χ3n) is 1.65. The fourth-order valence-electron chi connectivity index (χ4n) is 0.769. The predicted molar refractivity (Wildman–Crippen MR) is 50.1 cm³/mol. The molecule has 0 fully saturated rings. The maximum Gasteiger partial charge on any atom is 0.162 e. The number of allylic oxidation sites excluding steroid dienone is 2. The van der Waals surface area contributed by atoms with Crippen molar-refractivity contribution in [3.05, 3.63) is 11.8 Å². The summed E-state index contributed by atoms with van der Waals surface area (Å²) in [6.45, 7) is 6.24. The van der Waals surface area contributed by atoms with Crippen LogP contribution in [0, 0.1) is 5.92 Å². The number of halogens is 1. The van der Waals surface area contributed by atoms with Crippen LogP contribution in [0.5, 0.6) is 0 Å². The largest absolute Gasteiger partial charge is 0.498 e. The van der Waals surface area contributed by atoms with Gasteiger partial charge in [0.2, 0.25) is 0 Å². The first kappa shape index (κ1) is 12.1. The lowest BCUT2D eigenvalue weighted by molar-refractivity contribution is -0.117. The molecule has 0 bridgehead atoms. The summed E-state index contributed by atoms with van der Waals surface area (Å²) in [4.78, 5) is 11.2. The van der Waals surface area contributed by atoms with Crippen molar-refractivity contribution >= 4 is 5.78 Å². The Labute approximate surface area is 78.8 Å². The molecule has 0 radical (unpaired) electrons. The molecule has 0 aliphatic heterocycles. The lowest BCUT2D eigenvalue weighted by atomic mass is 10.0. The fourth-order valence-corrected chi connectivity index (χ4v) is 0.769. The SMILES string of the molecule is CO/C(=C\C(=O)C(C)C)C(C)(C)F. The van der Waals surface area contributed by atoms with Gasteiger partial charge in [0.25, 0.3) is 0 Å². The first-order chi connectivity index (χ1) is 5.79. The molecule has 0 atom stereocenters. The molecule has 0 aromatic rings. The van der Waals surface area contributed by atoms with Gasteiger partial charge in [-0.3, -0.25) is 4.79 Å². The van der Waals surface area contributed by atoms with Gasteiger partial charge in [-0.2, -0.15) is 0 Å². The summed E-state index contributed by atoms with van der Waals surface area (Å²) >= 11 is 0.